The molecule has 0 aliphatic heterocycles. The first-order valence-corrected chi connectivity index (χ1v) is 9.51. The van der Waals surface area contributed by atoms with Crippen LogP contribution in [0.3, 0.4) is 0 Å². The first-order chi connectivity index (χ1) is 14.6. The summed E-state index contributed by atoms with van der Waals surface area (Å²) in [6.45, 7) is 0.374. The number of nitrogens with one attached hydrogen (secondary N) is 1. The van der Waals surface area contributed by atoms with Gasteiger partial charge in [-0.15, -0.1) is 0 Å². The van der Waals surface area contributed by atoms with Crippen LogP contribution in [0, 0.1) is 11.3 Å². The molecule has 0 spiro atoms. The molecular weight excluding hydrogens is 400 g/mol. The van der Waals surface area contributed by atoms with Crippen LogP contribution in [0.25, 0.3) is 6.08 Å². The summed E-state index contributed by atoms with van der Waals surface area (Å²) >= 11 is 6.00. The van der Waals surface area contributed by atoms with Crippen molar-refractivity contribution in [3.63, 3.8) is 0 Å². The number of nitriles is 1. The number of hydrogen-bond acceptors (Lipinski definition) is 4. The zero-order chi connectivity index (χ0) is 21.3. The predicted molar refractivity (Wildman–Crippen MR) is 117 cm³/mol. The van der Waals surface area contributed by atoms with Gasteiger partial charge in [0, 0.05) is 10.6 Å². The normalized spacial score (nSPS) is 10.8. The maximum Gasteiger partial charge on any atom is 0.266 e. The summed E-state index contributed by atoms with van der Waals surface area (Å²) in [4.78, 5) is 12.7. The first kappa shape index (κ1) is 21.0. The molecule has 3 aromatic rings. The third-order valence-corrected chi connectivity index (χ3v) is 4.47. The van der Waals surface area contributed by atoms with E-state index in [-0.39, 0.29) is 5.57 Å². The maximum atomic E-state index is 12.7. The molecule has 0 aliphatic carbocycles. The van der Waals surface area contributed by atoms with E-state index < -0.39 is 5.91 Å². The molecule has 1 N–H and O–H groups in total. The highest BCUT2D eigenvalue weighted by Gasteiger charge is 2.14. The van der Waals surface area contributed by atoms with Crippen LogP contribution in [-0.2, 0) is 11.4 Å². The van der Waals surface area contributed by atoms with Crippen molar-refractivity contribution in [3.8, 4) is 17.6 Å². The Morgan fingerprint density at radius 3 is 2.53 bits per heavy atom. The van der Waals surface area contributed by atoms with Gasteiger partial charge in [0.25, 0.3) is 5.91 Å². The van der Waals surface area contributed by atoms with Gasteiger partial charge < -0.3 is 14.8 Å². The summed E-state index contributed by atoms with van der Waals surface area (Å²) < 4.78 is 11.1. The van der Waals surface area contributed by atoms with E-state index in [9.17, 15) is 10.1 Å². The van der Waals surface area contributed by atoms with Gasteiger partial charge in [0.05, 0.1) is 12.8 Å². The molecular formula is C24H19ClN2O3. The lowest BCUT2D eigenvalue weighted by molar-refractivity contribution is -0.112. The van der Waals surface area contributed by atoms with Crippen molar-refractivity contribution in [2.45, 2.75) is 6.61 Å². The lowest BCUT2D eigenvalue weighted by atomic mass is 10.1. The number of amides is 1. The van der Waals surface area contributed by atoms with Crippen LogP contribution in [0.4, 0.5) is 5.69 Å². The molecule has 0 aromatic heterocycles. The average Bonchev–Trinajstić information content (AvgIpc) is 2.77. The zero-order valence-corrected chi connectivity index (χ0v) is 17.0. The van der Waals surface area contributed by atoms with Gasteiger partial charge in [0.1, 0.15) is 29.7 Å². The second kappa shape index (κ2) is 10.1. The fourth-order valence-electron chi connectivity index (χ4n) is 2.74. The smallest absolute Gasteiger partial charge is 0.266 e. The first-order valence-electron chi connectivity index (χ1n) is 9.13. The van der Waals surface area contributed by atoms with Gasteiger partial charge in [-0.1, -0.05) is 60.1 Å². The molecule has 150 valence electrons. The summed E-state index contributed by atoms with van der Waals surface area (Å²) in [5.74, 6) is 0.440. The average molecular weight is 419 g/mol. The molecule has 0 fully saturated rings. The molecule has 3 rings (SSSR count). The van der Waals surface area contributed by atoms with E-state index in [1.54, 1.807) is 30.3 Å². The second-order valence-electron chi connectivity index (χ2n) is 6.28. The molecule has 0 saturated carbocycles. The summed E-state index contributed by atoms with van der Waals surface area (Å²) in [6, 6.07) is 23.8. The zero-order valence-electron chi connectivity index (χ0n) is 16.3. The van der Waals surface area contributed by atoms with Gasteiger partial charge in [-0.2, -0.15) is 5.26 Å². The molecule has 0 saturated heterocycles. The van der Waals surface area contributed by atoms with E-state index in [2.05, 4.69) is 5.32 Å². The van der Waals surface area contributed by atoms with Crippen molar-refractivity contribution in [2.24, 2.45) is 0 Å². The maximum absolute atomic E-state index is 12.7. The highest BCUT2D eigenvalue weighted by atomic mass is 35.5. The van der Waals surface area contributed by atoms with E-state index in [0.717, 1.165) is 5.56 Å². The summed E-state index contributed by atoms with van der Waals surface area (Å²) in [7, 11) is 1.49. The molecule has 0 atom stereocenters. The summed E-state index contributed by atoms with van der Waals surface area (Å²) in [5, 5.41) is 12.6. The number of ether oxygens (including phenoxy) is 2. The van der Waals surface area contributed by atoms with Crippen LogP contribution in [0.15, 0.2) is 78.4 Å². The molecule has 0 radical (unpaired) electrons. The number of anilines is 1. The van der Waals surface area contributed by atoms with E-state index in [4.69, 9.17) is 21.1 Å². The topological polar surface area (TPSA) is 71.3 Å². The highest BCUT2D eigenvalue weighted by molar-refractivity contribution is 6.31. The Morgan fingerprint density at radius 2 is 1.80 bits per heavy atom. The Labute approximate surface area is 180 Å². The van der Waals surface area contributed by atoms with E-state index >= 15 is 0 Å². The number of rotatable bonds is 7. The number of carbonyl (C=O) groups is 1. The fourth-order valence-corrected chi connectivity index (χ4v) is 2.91. The summed E-state index contributed by atoms with van der Waals surface area (Å²) in [5.41, 5.74) is 1.94. The van der Waals surface area contributed by atoms with Gasteiger partial charge in [0.15, 0.2) is 0 Å². The molecule has 0 aliphatic rings. The van der Waals surface area contributed by atoms with Crippen LogP contribution in [0.1, 0.15) is 11.1 Å². The Hall–Kier alpha value is -3.75. The minimum atomic E-state index is -0.573. The number of methoxy groups -OCH3 is 1. The van der Waals surface area contributed by atoms with Gasteiger partial charge in [-0.3, -0.25) is 4.79 Å². The van der Waals surface area contributed by atoms with E-state index in [1.807, 2.05) is 48.5 Å². The number of para-hydroxylation sites is 1. The number of hydrogen-bond donors (Lipinski definition) is 1. The van der Waals surface area contributed by atoms with Gasteiger partial charge >= 0.3 is 0 Å². The predicted octanol–water partition coefficient (Wildman–Crippen LogP) is 5.47. The Balaban J connectivity index is 1.81. The van der Waals surface area contributed by atoms with Crippen LogP contribution in [0.5, 0.6) is 11.5 Å². The van der Waals surface area contributed by atoms with Crippen molar-refractivity contribution in [2.75, 3.05) is 12.4 Å². The second-order valence-corrected chi connectivity index (χ2v) is 6.72. The lowest BCUT2D eigenvalue weighted by Crippen LogP contribution is -2.14. The molecule has 1 amide bonds. The minimum Gasteiger partial charge on any atom is -0.495 e. The number of carbonyl (C=O) groups excluding carboxylic acids is 1. The van der Waals surface area contributed by atoms with Crippen LogP contribution >= 0.6 is 11.6 Å². The largest absolute Gasteiger partial charge is 0.495 e. The van der Waals surface area contributed by atoms with Crippen molar-refractivity contribution in [3.05, 3.63) is 94.5 Å². The monoisotopic (exact) mass is 418 g/mol. The molecule has 0 heterocycles. The number of nitrogens with zero attached hydrogens (tertiary/aromatic N) is 1. The van der Waals surface area contributed by atoms with Crippen molar-refractivity contribution in [1.29, 1.82) is 5.26 Å². The molecule has 3 aromatic carbocycles. The minimum absolute atomic E-state index is 0.0761. The van der Waals surface area contributed by atoms with Crippen LogP contribution in [-0.4, -0.2) is 13.0 Å². The fraction of sp³-hybridized carbons (Fsp3) is 0.0833. The van der Waals surface area contributed by atoms with Crippen LogP contribution < -0.4 is 14.8 Å². The van der Waals surface area contributed by atoms with Crippen LogP contribution in [0.2, 0.25) is 5.02 Å². The molecule has 0 bridgehead atoms. The number of halogens is 1. The van der Waals surface area contributed by atoms with Gasteiger partial charge in [-0.25, -0.2) is 0 Å². The summed E-state index contributed by atoms with van der Waals surface area (Å²) in [6.07, 6.45) is 1.49. The van der Waals surface area contributed by atoms with E-state index in [0.29, 0.717) is 34.4 Å². The SMILES string of the molecule is COc1ccc(Cl)cc1NC(=O)/C(C#N)=C/c1ccccc1OCc1ccccc1. The highest BCUT2D eigenvalue weighted by Crippen LogP contribution is 2.28. The van der Waals surface area contributed by atoms with Crippen molar-refractivity contribution < 1.29 is 14.3 Å². The molecule has 30 heavy (non-hydrogen) atoms. The van der Waals surface area contributed by atoms with Gasteiger partial charge in [0.2, 0.25) is 0 Å². The Kier molecular flexibility index (Phi) is 7.09. The molecule has 5 nitrogen and oxygen atoms in total. The van der Waals surface area contributed by atoms with Crippen molar-refractivity contribution >= 4 is 29.3 Å². The molecule has 0 unspecified atom stereocenters. The van der Waals surface area contributed by atoms with Crippen molar-refractivity contribution in [1.82, 2.24) is 0 Å². The number of benzene rings is 3. The van der Waals surface area contributed by atoms with E-state index in [1.165, 1.54) is 13.2 Å². The quantitative estimate of drug-likeness (QED) is 0.407. The third-order valence-electron chi connectivity index (χ3n) is 4.23. The van der Waals surface area contributed by atoms with Gasteiger partial charge in [-0.05, 0) is 35.9 Å². The third kappa shape index (κ3) is 5.40. The Morgan fingerprint density at radius 1 is 1.07 bits per heavy atom. The Bertz CT molecular complexity index is 1100. The lowest BCUT2D eigenvalue weighted by Gasteiger charge is -2.11. The molecule has 6 heteroatoms. The standard InChI is InChI=1S/C24H19ClN2O3/c1-29-23-12-11-20(25)14-21(23)27-24(28)19(15-26)13-18-9-5-6-10-22(18)30-16-17-7-3-2-4-8-17/h2-14H,16H2,1H3,(H,27,28)/b19-13+.